The first-order valence-electron chi connectivity index (χ1n) is 7.01. The minimum Gasteiger partial charge on any atom is -0.350 e. The van der Waals surface area contributed by atoms with E-state index in [4.69, 9.17) is 23.2 Å². The van der Waals surface area contributed by atoms with Gasteiger partial charge in [0.05, 0.1) is 16.1 Å². The fraction of sp³-hybridized carbons (Fsp3) is 0.533. The largest absolute Gasteiger partial charge is 0.350 e. The van der Waals surface area contributed by atoms with Crippen molar-refractivity contribution in [2.75, 3.05) is 13.1 Å². The van der Waals surface area contributed by atoms with E-state index in [9.17, 15) is 4.79 Å². The van der Waals surface area contributed by atoms with Gasteiger partial charge in [-0.05, 0) is 56.5 Å². The average Bonchev–Trinajstić information content (AvgIpc) is 2.92. The van der Waals surface area contributed by atoms with E-state index >= 15 is 0 Å². The third kappa shape index (κ3) is 5.67. The van der Waals surface area contributed by atoms with Gasteiger partial charge in [-0.2, -0.15) is 0 Å². The number of amides is 1. The molecule has 0 saturated carbocycles. The highest BCUT2D eigenvalue weighted by atomic mass is 35.5. The van der Waals surface area contributed by atoms with Crippen LogP contribution in [0.15, 0.2) is 18.2 Å². The average molecular weight is 352 g/mol. The van der Waals surface area contributed by atoms with Gasteiger partial charge in [0.25, 0.3) is 0 Å². The molecule has 0 bridgehead atoms. The number of carbonyl (C=O) groups excluding carboxylic acids is 1. The molecule has 2 N–H and O–H groups in total. The standard InChI is InChI=1S/C15H20Cl2N2O.ClH/c1-10(12-3-4-13(16)14(17)8-12)19-15(20)5-2-11-6-7-18-9-11;/h3-4,8,10-11,18H,2,5-7,9H2,1H3,(H,19,20);1H. The smallest absolute Gasteiger partial charge is 0.220 e. The van der Waals surface area contributed by atoms with Crippen molar-refractivity contribution in [2.24, 2.45) is 5.92 Å². The van der Waals surface area contributed by atoms with Crippen molar-refractivity contribution in [2.45, 2.75) is 32.2 Å². The van der Waals surface area contributed by atoms with E-state index in [0.717, 1.165) is 25.1 Å². The quantitative estimate of drug-likeness (QED) is 0.842. The molecule has 0 aromatic heterocycles. The molecular formula is C15H21Cl3N2O. The number of hydrogen-bond donors (Lipinski definition) is 2. The van der Waals surface area contributed by atoms with Gasteiger partial charge in [0.2, 0.25) is 5.91 Å². The number of halogens is 3. The van der Waals surface area contributed by atoms with Crippen molar-refractivity contribution in [3.63, 3.8) is 0 Å². The Bertz CT molecular complexity index is 476. The van der Waals surface area contributed by atoms with Crippen molar-refractivity contribution >= 4 is 41.5 Å². The van der Waals surface area contributed by atoms with Crippen LogP contribution >= 0.6 is 35.6 Å². The van der Waals surface area contributed by atoms with Gasteiger partial charge in [0, 0.05) is 6.42 Å². The Morgan fingerprint density at radius 1 is 1.43 bits per heavy atom. The van der Waals surface area contributed by atoms with E-state index in [1.165, 1.54) is 6.42 Å². The molecule has 118 valence electrons. The predicted octanol–water partition coefficient (Wildman–Crippen LogP) is 3.98. The van der Waals surface area contributed by atoms with Gasteiger partial charge in [0.1, 0.15) is 0 Å². The molecular weight excluding hydrogens is 331 g/mol. The Kier molecular flexibility index (Phi) is 7.82. The van der Waals surface area contributed by atoms with Crippen molar-refractivity contribution in [3.8, 4) is 0 Å². The predicted molar refractivity (Wildman–Crippen MR) is 90.5 cm³/mol. The van der Waals surface area contributed by atoms with Crippen LogP contribution in [0.25, 0.3) is 0 Å². The Balaban J connectivity index is 0.00000220. The molecule has 1 aromatic rings. The zero-order valence-corrected chi connectivity index (χ0v) is 14.3. The highest BCUT2D eigenvalue weighted by molar-refractivity contribution is 6.42. The molecule has 1 aliphatic rings. The van der Waals surface area contributed by atoms with Gasteiger partial charge in [-0.1, -0.05) is 29.3 Å². The molecule has 1 fully saturated rings. The summed E-state index contributed by atoms with van der Waals surface area (Å²) in [6, 6.07) is 5.39. The zero-order valence-electron chi connectivity index (χ0n) is 12.0. The van der Waals surface area contributed by atoms with Gasteiger partial charge >= 0.3 is 0 Å². The summed E-state index contributed by atoms with van der Waals surface area (Å²) in [4.78, 5) is 11.9. The van der Waals surface area contributed by atoms with Crippen LogP contribution in [0.5, 0.6) is 0 Å². The second-order valence-electron chi connectivity index (χ2n) is 5.36. The lowest BCUT2D eigenvalue weighted by atomic mass is 10.0. The Labute approximate surface area is 142 Å². The van der Waals surface area contributed by atoms with Gasteiger partial charge in [-0.15, -0.1) is 12.4 Å². The second kappa shape index (κ2) is 8.84. The summed E-state index contributed by atoms with van der Waals surface area (Å²) >= 11 is 11.9. The molecule has 1 aliphatic heterocycles. The van der Waals surface area contributed by atoms with Crippen molar-refractivity contribution in [3.05, 3.63) is 33.8 Å². The third-order valence-electron chi connectivity index (χ3n) is 3.76. The maximum absolute atomic E-state index is 11.9. The molecule has 0 aliphatic carbocycles. The topological polar surface area (TPSA) is 41.1 Å². The number of rotatable bonds is 5. The Hall–Kier alpha value is -0.480. The summed E-state index contributed by atoms with van der Waals surface area (Å²) < 4.78 is 0. The maximum atomic E-state index is 11.9. The van der Waals surface area contributed by atoms with Crippen molar-refractivity contribution < 1.29 is 4.79 Å². The van der Waals surface area contributed by atoms with Crippen LogP contribution in [0.1, 0.15) is 37.8 Å². The molecule has 1 amide bonds. The first kappa shape index (κ1) is 18.6. The lowest BCUT2D eigenvalue weighted by Crippen LogP contribution is -2.27. The molecule has 2 unspecified atom stereocenters. The lowest BCUT2D eigenvalue weighted by molar-refractivity contribution is -0.122. The molecule has 2 rings (SSSR count). The molecule has 21 heavy (non-hydrogen) atoms. The highest BCUT2D eigenvalue weighted by Gasteiger charge is 2.17. The van der Waals surface area contributed by atoms with Crippen LogP contribution in [-0.2, 0) is 4.79 Å². The van der Waals surface area contributed by atoms with Gasteiger partial charge in [-0.25, -0.2) is 0 Å². The minimum absolute atomic E-state index is 0. The van der Waals surface area contributed by atoms with Crippen LogP contribution in [0.4, 0.5) is 0 Å². The van der Waals surface area contributed by atoms with E-state index < -0.39 is 0 Å². The molecule has 2 atom stereocenters. The summed E-state index contributed by atoms with van der Waals surface area (Å²) in [5, 5.41) is 7.37. The van der Waals surface area contributed by atoms with E-state index in [0.29, 0.717) is 22.4 Å². The van der Waals surface area contributed by atoms with E-state index in [1.54, 1.807) is 12.1 Å². The number of benzene rings is 1. The van der Waals surface area contributed by atoms with E-state index in [-0.39, 0.29) is 24.4 Å². The van der Waals surface area contributed by atoms with Gasteiger partial charge < -0.3 is 10.6 Å². The number of carbonyl (C=O) groups is 1. The Morgan fingerprint density at radius 3 is 2.81 bits per heavy atom. The second-order valence-corrected chi connectivity index (χ2v) is 6.17. The Morgan fingerprint density at radius 2 is 2.19 bits per heavy atom. The van der Waals surface area contributed by atoms with Crippen LogP contribution in [0.3, 0.4) is 0 Å². The number of hydrogen-bond acceptors (Lipinski definition) is 2. The van der Waals surface area contributed by atoms with Crippen LogP contribution in [-0.4, -0.2) is 19.0 Å². The SMILES string of the molecule is CC(NC(=O)CCC1CCNC1)c1ccc(Cl)c(Cl)c1.Cl. The maximum Gasteiger partial charge on any atom is 0.220 e. The monoisotopic (exact) mass is 350 g/mol. The summed E-state index contributed by atoms with van der Waals surface area (Å²) in [5.41, 5.74) is 0.968. The molecule has 1 heterocycles. The first-order chi connectivity index (χ1) is 9.56. The summed E-state index contributed by atoms with van der Waals surface area (Å²) in [6.07, 6.45) is 2.71. The van der Waals surface area contributed by atoms with Crippen LogP contribution in [0, 0.1) is 5.92 Å². The number of nitrogens with one attached hydrogen (secondary N) is 2. The lowest BCUT2D eigenvalue weighted by Gasteiger charge is -2.16. The molecule has 1 saturated heterocycles. The molecule has 6 heteroatoms. The molecule has 0 spiro atoms. The zero-order chi connectivity index (χ0) is 14.5. The highest BCUT2D eigenvalue weighted by Crippen LogP contribution is 2.25. The molecule has 3 nitrogen and oxygen atoms in total. The van der Waals surface area contributed by atoms with Gasteiger partial charge in [-0.3, -0.25) is 4.79 Å². The van der Waals surface area contributed by atoms with E-state index in [2.05, 4.69) is 10.6 Å². The molecule has 0 radical (unpaired) electrons. The fourth-order valence-corrected chi connectivity index (χ4v) is 2.78. The summed E-state index contributed by atoms with van der Waals surface area (Å²) in [5.74, 6) is 0.733. The minimum atomic E-state index is -0.0565. The molecule has 1 aromatic carbocycles. The summed E-state index contributed by atoms with van der Waals surface area (Å²) in [7, 11) is 0. The van der Waals surface area contributed by atoms with Crippen LogP contribution < -0.4 is 10.6 Å². The van der Waals surface area contributed by atoms with Crippen molar-refractivity contribution in [1.82, 2.24) is 10.6 Å². The van der Waals surface area contributed by atoms with Gasteiger partial charge in [0.15, 0.2) is 0 Å². The van der Waals surface area contributed by atoms with Crippen molar-refractivity contribution in [1.29, 1.82) is 0 Å². The first-order valence-corrected chi connectivity index (χ1v) is 7.77. The van der Waals surface area contributed by atoms with E-state index in [1.807, 2.05) is 13.0 Å². The third-order valence-corrected chi connectivity index (χ3v) is 4.50. The summed E-state index contributed by atoms with van der Waals surface area (Å²) in [6.45, 7) is 4.07. The fourth-order valence-electron chi connectivity index (χ4n) is 2.47. The normalized spacial score (nSPS) is 18.9. The van der Waals surface area contributed by atoms with Crippen LogP contribution in [0.2, 0.25) is 10.0 Å².